The molecule has 2 bridgehead atoms. The lowest BCUT2D eigenvalue weighted by Crippen LogP contribution is -2.53. The highest BCUT2D eigenvalue weighted by Crippen LogP contribution is 2.40. The second-order valence-corrected chi connectivity index (χ2v) is 6.79. The number of pyridine rings is 1. The van der Waals surface area contributed by atoms with Crippen molar-refractivity contribution >= 4 is 11.8 Å². The predicted molar refractivity (Wildman–Crippen MR) is 92.3 cm³/mol. The smallest absolute Gasteiger partial charge is 0.251 e. The highest BCUT2D eigenvalue weighted by molar-refractivity contribution is 5.77. The van der Waals surface area contributed by atoms with Crippen LogP contribution in [0.1, 0.15) is 37.9 Å². The van der Waals surface area contributed by atoms with E-state index in [2.05, 4.69) is 5.32 Å². The summed E-state index contributed by atoms with van der Waals surface area (Å²) < 4.78 is 7.08. The van der Waals surface area contributed by atoms with Crippen LogP contribution in [0.5, 0.6) is 0 Å². The SMILES string of the molecule is CCOCC(=O)N1C[C@H]2C[C@@H](C1)[C@H](CNC(C)=O)n1c2cccc1=O. The lowest BCUT2D eigenvalue weighted by molar-refractivity contribution is -0.139. The van der Waals surface area contributed by atoms with Crippen LogP contribution in [0, 0.1) is 5.92 Å². The Morgan fingerprint density at radius 2 is 2.12 bits per heavy atom. The zero-order valence-electron chi connectivity index (χ0n) is 14.7. The van der Waals surface area contributed by atoms with Gasteiger partial charge in [0, 0.05) is 50.8 Å². The number of likely N-dealkylation sites (tertiary alicyclic amines) is 1. The molecular formula is C18H25N3O4. The molecule has 3 atom stereocenters. The van der Waals surface area contributed by atoms with E-state index in [1.807, 2.05) is 22.5 Å². The van der Waals surface area contributed by atoms with Crippen molar-refractivity contribution in [2.45, 2.75) is 32.2 Å². The molecule has 3 rings (SSSR count). The molecule has 3 heterocycles. The van der Waals surface area contributed by atoms with E-state index in [0.717, 1.165) is 12.1 Å². The first kappa shape index (κ1) is 17.7. The van der Waals surface area contributed by atoms with Gasteiger partial charge in [0.1, 0.15) is 6.61 Å². The Bertz CT molecular complexity index is 715. The molecule has 1 aromatic rings. The average molecular weight is 347 g/mol. The van der Waals surface area contributed by atoms with Crippen molar-refractivity contribution in [2.75, 3.05) is 32.8 Å². The Balaban J connectivity index is 1.89. The van der Waals surface area contributed by atoms with Crippen LogP contribution in [0.2, 0.25) is 0 Å². The molecule has 1 aromatic heterocycles. The van der Waals surface area contributed by atoms with Crippen LogP contribution >= 0.6 is 0 Å². The molecule has 0 radical (unpaired) electrons. The van der Waals surface area contributed by atoms with Gasteiger partial charge >= 0.3 is 0 Å². The third-order valence-corrected chi connectivity index (χ3v) is 5.14. The van der Waals surface area contributed by atoms with Crippen molar-refractivity contribution in [3.05, 3.63) is 34.2 Å². The van der Waals surface area contributed by atoms with Crippen molar-refractivity contribution in [3.8, 4) is 0 Å². The lowest BCUT2D eigenvalue weighted by Gasteiger charge is -2.47. The quantitative estimate of drug-likeness (QED) is 0.841. The van der Waals surface area contributed by atoms with Gasteiger partial charge in [-0.15, -0.1) is 0 Å². The Labute approximate surface area is 147 Å². The first-order valence-electron chi connectivity index (χ1n) is 8.82. The Morgan fingerprint density at radius 3 is 2.84 bits per heavy atom. The van der Waals surface area contributed by atoms with Crippen molar-refractivity contribution in [3.63, 3.8) is 0 Å². The zero-order chi connectivity index (χ0) is 18.0. The monoisotopic (exact) mass is 347 g/mol. The largest absolute Gasteiger partial charge is 0.372 e. The second-order valence-electron chi connectivity index (χ2n) is 6.79. The van der Waals surface area contributed by atoms with Crippen molar-refractivity contribution in [2.24, 2.45) is 5.92 Å². The highest BCUT2D eigenvalue weighted by atomic mass is 16.5. The van der Waals surface area contributed by atoms with Gasteiger partial charge in [-0.05, 0) is 25.3 Å². The molecule has 0 unspecified atom stereocenters. The molecular weight excluding hydrogens is 322 g/mol. The molecule has 1 fully saturated rings. The standard InChI is InChI=1S/C18H25N3O4/c1-3-25-11-18(24)20-9-13-7-14(10-20)16(8-19-12(2)22)21-15(13)5-4-6-17(21)23/h4-6,13-14,16H,3,7-11H2,1-2H3,(H,19,22)/t13-,14+,16+/m1/s1. The maximum Gasteiger partial charge on any atom is 0.251 e. The molecule has 1 saturated heterocycles. The van der Waals surface area contributed by atoms with E-state index in [4.69, 9.17) is 4.74 Å². The molecule has 0 spiro atoms. The van der Waals surface area contributed by atoms with E-state index in [9.17, 15) is 14.4 Å². The number of aromatic nitrogens is 1. The minimum absolute atomic E-state index is 0.0124. The first-order chi connectivity index (χ1) is 12.0. The van der Waals surface area contributed by atoms with E-state index < -0.39 is 0 Å². The molecule has 1 N–H and O–H groups in total. The van der Waals surface area contributed by atoms with Crippen LogP contribution in [-0.4, -0.2) is 54.1 Å². The van der Waals surface area contributed by atoms with E-state index in [-0.39, 0.29) is 41.9 Å². The summed E-state index contributed by atoms with van der Waals surface area (Å²) in [4.78, 5) is 38.1. The number of carbonyl (C=O) groups is 2. The van der Waals surface area contributed by atoms with Crippen LogP contribution in [0.3, 0.4) is 0 Å². The molecule has 0 aromatic carbocycles. The number of amides is 2. The molecule has 136 valence electrons. The summed E-state index contributed by atoms with van der Waals surface area (Å²) >= 11 is 0. The fourth-order valence-electron chi connectivity index (χ4n) is 4.04. The highest BCUT2D eigenvalue weighted by Gasteiger charge is 2.41. The molecule has 7 heteroatoms. The maximum atomic E-state index is 12.5. The normalized spacial score (nSPS) is 24.6. The Morgan fingerprint density at radius 1 is 1.32 bits per heavy atom. The number of hydrogen-bond donors (Lipinski definition) is 1. The van der Waals surface area contributed by atoms with Gasteiger partial charge in [-0.1, -0.05) is 6.07 Å². The van der Waals surface area contributed by atoms with Gasteiger partial charge in [0.05, 0.1) is 6.04 Å². The summed E-state index contributed by atoms with van der Waals surface area (Å²) in [6.45, 7) is 5.54. The van der Waals surface area contributed by atoms with E-state index in [0.29, 0.717) is 26.2 Å². The van der Waals surface area contributed by atoms with Crippen LogP contribution in [-0.2, 0) is 14.3 Å². The number of nitrogens with zero attached hydrogens (tertiary/aromatic N) is 2. The van der Waals surface area contributed by atoms with Gasteiger partial charge in [-0.3, -0.25) is 14.4 Å². The minimum atomic E-state index is -0.133. The first-order valence-corrected chi connectivity index (χ1v) is 8.82. The van der Waals surface area contributed by atoms with Gasteiger partial charge in [0.25, 0.3) is 5.56 Å². The number of ether oxygens (including phenoxy) is 1. The average Bonchev–Trinajstić information content (AvgIpc) is 2.59. The van der Waals surface area contributed by atoms with Gasteiger partial charge in [0.2, 0.25) is 11.8 Å². The van der Waals surface area contributed by atoms with Crippen LogP contribution < -0.4 is 10.9 Å². The van der Waals surface area contributed by atoms with Crippen LogP contribution in [0.15, 0.2) is 23.0 Å². The van der Waals surface area contributed by atoms with Crippen LogP contribution in [0.4, 0.5) is 0 Å². The molecule has 25 heavy (non-hydrogen) atoms. The van der Waals surface area contributed by atoms with Gasteiger partial charge in [-0.2, -0.15) is 0 Å². The van der Waals surface area contributed by atoms with E-state index in [1.165, 1.54) is 6.92 Å². The molecule has 2 aliphatic heterocycles. The topological polar surface area (TPSA) is 80.6 Å². The number of fused-ring (bicyclic) bond motifs is 4. The Kier molecular flexibility index (Phi) is 5.22. The number of rotatable bonds is 5. The molecule has 7 nitrogen and oxygen atoms in total. The number of carbonyl (C=O) groups excluding carboxylic acids is 2. The number of hydrogen-bond acceptors (Lipinski definition) is 4. The summed E-state index contributed by atoms with van der Waals surface area (Å²) in [6, 6.07) is 5.15. The lowest BCUT2D eigenvalue weighted by atomic mass is 9.78. The minimum Gasteiger partial charge on any atom is -0.372 e. The van der Waals surface area contributed by atoms with E-state index in [1.54, 1.807) is 12.1 Å². The maximum absolute atomic E-state index is 12.5. The van der Waals surface area contributed by atoms with Gasteiger partial charge in [0.15, 0.2) is 0 Å². The zero-order valence-corrected chi connectivity index (χ0v) is 14.7. The third kappa shape index (κ3) is 3.61. The summed E-state index contributed by atoms with van der Waals surface area (Å²) in [5.74, 6) is 0.157. The summed E-state index contributed by atoms with van der Waals surface area (Å²) in [5, 5.41) is 2.84. The number of piperidine rings is 1. The molecule has 2 aliphatic rings. The van der Waals surface area contributed by atoms with Gasteiger partial charge < -0.3 is 19.5 Å². The second kappa shape index (κ2) is 7.39. The Hall–Kier alpha value is -2.15. The summed E-state index contributed by atoms with van der Waals surface area (Å²) in [7, 11) is 0. The van der Waals surface area contributed by atoms with Crippen LogP contribution in [0.25, 0.3) is 0 Å². The van der Waals surface area contributed by atoms with Crippen molar-refractivity contribution < 1.29 is 14.3 Å². The fourth-order valence-corrected chi connectivity index (χ4v) is 4.04. The van der Waals surface area contributed by atoms with Crippen molar-refractivity contribution in [1.29, 1.82) is 0 Å². The molecule has 2 amide bonds. The van der Waals surface area contributed by atoms with E-state index >= 15 is 0 Å². The summed E-state index contributed by atoms with van der Waals surface area (Å²) in [5.41, 5.74) is 0.907. The number of nitrogens with one attached hydrogen (secondary N) is 1. The molecule has 0 aliphatic carbocycles. The molecule has 0 saturated carbocycles. The fraction of sp³-hybridized carbons (Fsp3) is 0.611. The third-order valence-electron chi connectivity index (χ3n) is 5.14. The summed E-state index contributed by atoms with van der Waals surface area (Å²) in [6.07, 6.45) is 0.923. The van der Waals surface area contributed by atoms with Gasteiger partial charge in [-0.25, -0.2) is 0 Å². The predicted octanol–water partition coefficient (Wildman–Crippen LogP) is 0.508. The van der Waals surface area contributed by atoms with Crippen molar-refractivity contribution in [1.82, 2.24) is 14.8 Å².